The second kappa shape index (κ2) is 7.71. The number of hydrogen-bond acceptors (Lipinski definition) is 3. The summed E-state index contributed by atoms with van der Waals surface area (Å²) in [6, 6.07) is 6.90. The van der Waals surface area contributed by atoms with E-state index < -0.39 is 0 Å². The second-order valence-electron chi connectivity index (χ2n) is 6.33. The molecule has 21 heavy (non-hydrogen) atoms. The van der Waals surface area contributed by atoms with E-state index in [-0.39, 0.29) is 0 Å². The molecule has 1 saturated heterocycles. The molecule has 0 spiro atoms. The Morgan fingerprint density at radius 1 is 1.24 bits per heavy atom. The molecule has 0 radical (unpaired) electrons. The van der Waals surface area contributed by atoms with E-state index in [0.29, 0.717) is 6.04 Å². The van der Waals surface area contributed by atoms with Gasteiger partial charge < -0.3 is 5.32 Å². The van der Waals surface area contributed by atoms with Gasteiger partial charge in [-0.05, 0) is 57.2 Å². The molecular formula is C18H27N3. The van der Waals surface area contributed by atoms with E-state index in [0.717, 1.165) is 13.1 Å². The summed E-state index contributed by atoms with van der Waals surface area (Å²) in [5.41, 5.74) is 2.87. The Hall–Kier alpha value is -1.19. The molecule has 2 heterocycles. The quantitative estimate of drug-likeness (QED) is 0.814. The van der Waals surface area contributed by atoms with Gasteiger partial charge in [-0.25, -0.2) is 0 Å². The van der Waals surface area contributed by atoms with E-state index in [1.165, 1.54) is 57.3 Å². The second-order valence-corrected chi connectivity index (χ2v) is 6.33. The van der Waals surface area contributed by atoms with Gasteiger partial charge in [-0.3, -0.25) is 9.88 Å². The molecule has 1 aliphatic carbocycles. The molecule has 1 N–H and O–H groups in total. The van der Waals surface area contributed by atoms with Crippen molar-refractivity contribution in [3.63, 3.8) is 0 Å². The number of piperidine rings is 1. The maximum atomic E-state index is 4.42. The first-order valence-electron chi connectivity index (χ1n) is 8.44. The van der Waals surface area contributed by atoms with Gasteiger partial charge in [0, 0.05) is 31.9 Å². The number of nitrogens with zero attached hydrogens (tertiary/aromatic N) is 2. The van der Waals surface area contributed by atoms with Crippen LogP contribution in [0, 0.1) is 0 Å². The Bertz CT molecular complexity index is 447. The molecule has 3 nitrogen and oxygen atoms in total. The summed E-state index contributed by atoms with van der Waals surface area (Å²) in [5, 5.41) is 3.75. The van der Waals surface area contributed by atoms with E-state index in [1.54, 1.807) is 5.57 Å². The number of aromatic nitrogens is 1. The summed E-state index contributed by atoms with van der Waals surface area (Å²) in [4.78, 5) is 6.95. The zero-order chi connectivity index (χ0) is 14.3. The summed E-state index contributed by atoms with van der Waals surface area (Å²) < 4.78 is 0. The Morgan fingerprint density at radius 2 is 2.14 bits per heavy atom. The summed E-state index contributed by atoms with van der Waals surface area (Å²) in [5.74, 6) is 0. The molecule has 0 bridgehead atoms. The van der Waals surface area contributed by atoms with Gasteiger partial charge in [0.2, 0.25) is 0 Å². The predicted octanol–water partition coefficient (Wildman–Crippen LogP) is 3.14. The Balaban J connectivity index is 1.33. The molecule has 3 rings (SSSR count). The fourth-order valence-electron chi connectivity index (χ4n) is 3.42. The van der Waals surface area contributed by atoms with Gasteiger partial charge in [-0.1, -0.05) is 17.7 Å². The van der Waals surface area contributed by atoms with Crippen LogP contribution in [0.15, 0.2) is 36.0 Å². The summed E-state index contributed by atoms with van der Waals surface area (Å²) in [6.07, 6.45) is 12.1. The molecule has 114 valence electrons. The molecule has 1 aliphatic heterocycles. The van der Waals surface area contributed by atoms with E-state index in [2.05, 4.69) is 33.4 Å². The van der Waals surface area contributed by atoms with Gasteiger partial charge in [-0.15, -0.1) is 0 Å². The lowest BCUT2D eigenvalue weighted by Gasteiger charge is -2.32. The van der Waals surface area contributed by atoms with E-state index in [4.69, 9.17) is 0 Å². The van der Waals surface area contributed by atoms with Crippen LogP contribution >= 0.6 is 0 Å². The lowest BCUT2D eigenvalue weighted by Crippen LogP contribution is -2.42. The van der Waals surface area contributed by atoms with Crippen LogP contribution in [0.1, 0.15) is 44.2 Å². The highest BCUT2D eigenvalue weighted by Gasteiger charge is 2.19. The van der Waals surface area contributed by atoms with Crippen molar-refractivity contribution in [2.45, 2.75) is 51.1 Å². The maximum Gasteiger partial charge on any atom is 0.0543 e. The molecule has 0 aromatic carbocycles. The lowest BCUT2D eigenvalue weighted by molar-refractivity contribution is 0.189. The first kappa shape index (κ1) is 14.7. The third-order valence-corrected chi connectivity index (χ3v) is 4.71. The Morgan fingerprint density at radius 3 is 2.86 bits per heavy atom. The average molecular weight is 285 g/mol. The monoisotopic (exact) mass is 285 g/mol. The highest BCUT2D eigenvalue weighted by Crippen LogP contribution is 2.20. The van der Waals surface area contributed by atoms with Crippen LogP contribution in [-0.4, -0.2) is 35.6 Å². The zero-order valence-corrected chi connectivity index (χ0v) is 12.9. The fraction of sp³-hybridized carbons (Fsp3) is 0.611. The average Bonchev–Trinajstić information content (AvgIpc) is 3.03. The number of likely N-dealkylation sites (tertiary alicyclic amines) is 1. The predicted molar refractivity (Wildman–Crippen MR) is 87.1 cm³/mol. The van der Waals surface area contributed by atoms with Gasteiger partial charge in [0.1, 0.15) is 0 Å². The largest absolute Gasteiger partial charge is 0.314 e. The number of allylic oxidation sites excluding steroid dienone is 1. The Labute approximate surface area is 128 Å². The van der Waals surface area contributed by atoms with E-state index in [9.17, 15) is 0 Å². The molecular weight excluding hydrogens is 258 g/mol. The van der Waals surface area contributed by atoms with Crippen molar-refractivity contribution >= 4 is 0 Å². The molecule has 3 heteroatoms. The topological polar surface area (TPSA) is 28.2 Å². The summed E-state index contributed by atoms with van der Waals surface area (Å²) >= 11 is 0. The van der Waals surface area contributed by atoms with Crippen molar-refractivity contribution in [2.24, 2.45) is 0 Å². The number of pyridine rings is 1. The minimum atomic E-state index is 0.715. The standard InChI is InChI=1S/C18H27N3/c1-2-6-16(5-1)8-12-20-17-9-13-21(14-10-17)15-18-7-3-4-11-19-18/h3-5,7,11,17,20H,1-2,6,8-10,12-15H2. The van der Waals surface area contributed by atoms with Gasteiger partial charge in [0.15, 0.2) is 0 Å². The lowest BCUT2D eigenvalue weighted by atomic mass is 10.0. The van der Waals surface area contributed by atoms with Crippen molar-refractivity contribution in [1.29, 1.82) is 0 Å². The number of nitrogens with one attached hydrogen (secondary N) is 1. The molecule has 0 saturated carbocycles. The maximum absolute atomic E-state index is 4.42. The number of rotatable bonds is 6. The van der Waals surface area contributed by atoms with Crippen LogP contribution < -0.4 is 5.32 Å². The normalized spacial score (nSPS) is 20.7. The molecule has 0 amide bonds. The zero-order valence-electron chi connectivity index (χ0n) is 12.9. The van der Waals surface area contributed by atoms with Gasteiger partial charge in [0.05, 0.1) is 5.69 Å². The first-order valence-corrected chi connectivity index (χ1v) is 8.44. The molecule has 2 aliphatic rings. The fourth-order valence-corrected chi connectivity index (χ4v) is 3.42. The minimum absolute atomic E-state index is 0.715. The molecule has 0 atom stereocenters. The molecule has 1 aromatic heterocycles. The van der Waals surface area contributed by atoms with Gasteiger partial charge in [0.25, 0.3) is 0 Å². The molecule has 1 aromatic rings. The highest BCUT2D eigenvalue weighted by molar-refractivity contribution is 5.07. The van der Waals surface area contributed by atoms with Gasteiger partial charge in [-0.2, -0.15) is 0 Å². The van der Waals surface area contributed by atoms with Crippen molar-refractivity contribution in [1.82, 2.24) is 15.2 Å². The summed E-state index contributed by atoms with van der Waals surface area (Å²) in [6.45, 7) is 4.55. The van der Waals surface area contributed by atoms with Crippen LogP contribution in [0.4, 0.5) is 0 Å². The van der Waals surface area contributed by atoms with Crippen molar-refractivity contribution in [3.05, 3.63) is 41.7 Å². The molecule has 1 fully saturated rings. The van der Waals surface area contributed by atoms with Crippen LogP contribution in [0.3, 0.4) is 0 Å². The molecule has 0 unspecified atom stereocenters. The smallest absolute Gasteiger partial charge is 0.0543 e. The SMILES string of the molecule is C1=C(CCNC2CCN(Cc3ccccn3)CC2)CCC1. The van der Waals surface area contributed by atoms with Crippen molar-refractivity contribution in [3.8, 4) is 0 Å². The third kappa shape index (κ3) is 4.65. The first-order chi connectivity index (χ1) is 10.4. The van der Waals surface area contributed by atoms with Crippen molar-refractivity contribution in [2.75, 3.05) is 19.6 Å². The van der Waals surface area contributed by atoms with Crippen LogP contribution in [0.5, 0.6) is 0 Å². The van der Waals surface area contributed by atoms with E-state index >= 15 is 0 Å². The minimum Gasteiger partial charge on any atom is -0.314 e. The van der Waals surface area contributed by atoms with Crippen LogP contribution in [0.2, 0.25) is 0 Å². The highest BCUT2D eigenvalue weighted by atomic mass is 15.1. The summed E-state index contributed by atoms with van der Waals surface area (Å²) in [7, 11) is 0. The van der Waals surface area contributed by atoms with Crippen LogP contribution in [0.25, 0.3) is 0 Å². The van der Waals surface area contributed by atoms with Gasteiger partial charge >= 0.3 is 0 Å². The van der Waals surface area contributed by atoms with Crippen molar-refractivity contribution < 1.29 is 0 Å². The third-order valence-electron chi connectivity index (χ3n) is 4.71. The Kier molecular flexibility index (Phi) is 5.41. The van der Waals surface area contributed by atoms with Crippen LogP contribution in [-0.2, 0) is 6.54 Å². The number of hydrogen-bond donors (Lipinski definition) is 1. The van der Waals surface area contributed by atoms with E-state index in [1.807, 2.05) is 12.3 Å².